The highest BCUT2D eigenvalue weighted by molar-refractivity contribution is 7.99. The highest BCUT2D eigenvalue weighted by Crippen LogP contribution is 2.34. The first kappa shape index (κ1) is 29.2. The number of nitrogens with zero attached hydrogens (tertiary/aromatic N) is 3. The molecule has 0 saturated carbocycles. The van der Waals surface area contributed by atoms with Crippen molar-refractivity contribution in [1.29, 1.82) is 0 Å². The van der Waals surface area contributed by atoms with Crippen molar-refractivity contribution in [2.24, 2.45) is 0 Å². The number of thioether (sulfide) groups is 1. The van der Waals surface area contributed by atoms with Crippen molar-refractivity contribution in [3.8, 4) is 0 Å². The van der Waals surface area contributed by atoms with Gasteiger partial charge in [0.05, 0.1) is 23.0 Å². The molecule has 3 heterocycles. The number of hydrogen-bond donors (Lipinski definition) is 1. The molecule has 2 aliphatic heterocycles. The van der Waals surface area contributed by atoms with Gasteiger partial charge in [0.2, 0.25) is 0 Å². The molecule has 0 aliphatic carbocycles. The van der Waals surface area contributed by atoms with E-state index in [-0.39, 0.29) is 29.6 Å². The Morgan fingerprint density at radius 1 is 1.02 bits per heavy atom. The van der Waals surface area contributed by atoms with E-state index in [1.807, 2.05) is 17.9 Å². The number of fused-ring (bicyclic) bond motifs is 1. The normalized spacial score (nSPS) is 18.0. The number of nitrogens with one attached hydrogen (secondary N) is 1. The van der Waals surface area contributed by atoms with Gasteiger partial charge in [-0.05, 0) is 60.1 Å². The molecule has 2 saturated heterocycles. The van der Waals surface area contributed by atoms with Gasteiger partial charge < -0.3 is 9.72 Å². The molecule has 3 aromatic rings. The van der Waals surface area contributed by atoms with Crippen LogP contribution in [0, 0.1) is 0 Å². The lowest BCUT2D eigenvalue weighted by atomic mass is 10.0. The van der Waals surface area contributed by atoms with Crippen molar-refractivity contribution < 1.29 is 17.9 Å². The molecule has 2 aliphatic rings. The van der Waals surface area contributed by atoms with E-state index in [1.54, 1.807) is 12.1 Å². The zero-order chi connectivity index (χ0) is 28.4. The first-order chi connectivity index (χ1) is 19.1. The van der Waals surface area contributed by atoms with E-state index in [9.17, 15) is 22.8 Å². The first-order valence-corrected chi connectivity index (χ1v) is 14.8. The van der Waals surface area contributed by atoms with Crippen molar-refractivity contribution in [2.75, 3.05) is 45.1 Å². The smallest absolute Gasteiger partial charge is 0.381 e. The number of hydrogen-bond acceptors (Lipinski definition) is 6. The SMILES string of the molecule is CCSc1ccc(Cl)cc1Cn1c(=O)[nH]c2cc(CN3CCN(C4CCOCC4)CC3)c(C(F)(F)F)cc2c1=O. The number of ether oxygens (including phenoxy) is 1. The van der Waals surface area contributed by atoms with Crippen molar-refractivity contribution in [3.63, 3.8) is 0 Å². The van der Waals surface area contributed by atoms with Crippen LogP contribution in [0.3, 0.4) is 0 Å². The number of halogens is 4. The molecule has 1 aromatic heterocycles. The molecule has 7 nitrogen and oxygen atoms in total. The number of aromatic amines is 1. The monoisotopic (exact) mass is 596 g/mol. The van der Waals surface area contributed by atoms with E-state index < -0.39 is 23.0 Å². The van der Waals surface area contributed by atoms with Crippen molar-refractivity contribution in [2.45, 2.75) is 50.0 Å². The number of alkyl halides is 3. The molecule has 2 aromatic carbocycles. The first-order valence-electron chi connectivity index (χ1n) is 13.5. The molecular weight excluding hydrogens is 565 g/mol. The van der Waals surface area contributed by atoms with E-state index in [0.29, 0.717) is 29.7 Å². The summed E-state index contributed by atoms with van der Waals surface area (Å²) in [6.07, 6.45) is -2.70. The third-order valence-corrected chi connectivity index (χ3v) is 8.90. The summed E-state index contributed by atoms with van der Waals surface area (Å²) < 4.78 is 49.1. The van der Waals surface area contributed by atoms with Gasteiger partial charge in [-0.3, -0.25) is 19.2 Å². The van der Waals surface area contributed by atoms with E-state index in [1.165, 1.54) is 17.8 Å². The van der Waals surface area contributed by atoms with Crippen LogP contribution in [0.15, 0.2) is 44.8 Å². The molecule has 0 amide bonds. The second kappa shape index (κ2) is 12.3. The summed E-state index contributed by atoms with van der Waals surface area (Å²) in [6, 6.07) is 7.85. The van der Waals surface area contributed by atoms with Gasteiger partial charge in [0, 0.05) is 61.9 Å². The van der Waals surface area contributed by atoms with Crippen LogP contribution in [0.25, 0.3) is 10.9 Å². The van der Waals surface area contributed by atoms with Crippen molar-refractivity contribution in [1.82, 2.24) is 19.4 Å². The minimum atomic E-state index is -4.65. The molecular formula is C28H32ClF3N4O3S. The molecule has 216 valence electrons. The molecule has 0 spiro atoms. The van der Waals surface area contributed by atoms with Crippen molar-refractivity contribution in [3.05, 3.63) is 72.9 Å². The second-order valence-corrected chi connectivity index (χ2v) is 12.0. The fourth-order valence-electron chi connectivity index (χ4n) is 5.60. The van der Waals surface area contributed by atoms with Crippen LogP contribution in [0.5, 0.6) is 0 Å². The van der Waals surface area contributed by atoms with E-state index >= 15 is 0 Å². The standard InChI is InChI=1S/C28H32ClF3N4O3S/c1-2-40-25-4-3-20(29)13-19(25)17-36-26(37)22-15-23(28(30,31)32)18(14-24(22)33-27(36)38)16-34-7-9-35(10-8-34)21-5-11-39-12-6-21/h3-4,13-15,21H,2,5-12,16-17H2,1H3,(H,33,38). The Labute approximate surface area is 239 Å². The van der Waals surface area contributed by atoms with E-state index in [0.717, 1.165) is 60.4 Å². The Bertz CT molecular complexity index is 1480. The summed E-state index contributed by atoms with van der Waals surface area (Å²) in [5.41, 5.74) is -1.51. The van der Waals surface area contributed by atoms with Gasteiger partial charge >= 0.3 is 11.9 Å². The van der Waals surface area contributed by atoms with Crippen LogP contribution in [-0.2, 0) is 24.0 Å². The topological polar surface area (TPSA) is 70.6 Å². The fraction of sp³-hybridized carbons (Fsp3) is 0.500. The van der Waals surface area contributed by atoms with Gasteiger partial charge in [-0.1, -0.05) is 18.5 Å². The zero-order valence-corrected chi connectivity index (χ0v) is 23.8. The molecule has 1 N–H and O–H groups in total. The lowest BCUT2D eigenvalue weighted by Gasteiger charge is -2.40. The highest BCUT2D eigenvalue weighted by Gasteiger charge is 2.35. The number of rotatable bonds is 7. The lowest BCUT2D eigenvalue weighted by Crippen LogP contribution is -2.51. The molecule has 40 heavy (non-hydrogen) atoms. The predicted molar refractivity (Wildman–Crippen MR) is 151 cm³/mol. The van der Waals surface area contributed by atoms with Gasteiger partial charge in [0.15, 0.2) is 0 Å². The summed E-state index contributed by atoms with van der Waals surface area (Å²) in [6.45, 7) is 6.28. The predicted octanol–water partition coefficient (Wildman–Crippen LogP) is 4.82. The maximum Gasteiger partial charge on any atom is 0.416 e. The summed E-state index contributed by atoms with van der Waals surface area (Å²) in [4.78, 5) is 34.3. The Morgan fingerprint density at radius 3 is 2.42 bits per heavy atom. The van der Waals surface area contributed by atoms with Gasteiger partial charge in [-0.2, -0.15) is 13.2 Å². The van der Waals surface area contributed by atoms with Crippen LogP contribution in [-0.4, -0.2) is 70.5 Å². The maximum absolute atomic E-state index is 14.2. The maximum atomic E-state index is 14.2. The lowest BCUT2D eigenvalue weighted by molar-refractivity contribution is -0.138. The summed E-state index contributed by atoms with van der Waals surface area (Å²) in [7, 11) is 0. The molecule has 0 atom stereocenters. The fourth-order valence-corrected chi connectivity index (χ4v) is 6.58. The molecule has 0 radical (unpaired) electrons. The average Bonchev–Trinajstić information content (AvgIpc) is 2.92. The Morgan fingerprint density at radius 2 is 1.75 bits per heavy atom. The number of piperazine rings is 1. The molecule has 5 rings (SSSR count). The molecule has 2 fully saturated rings. The summed E-state index contributed by atoms with van der Waals surface area (Å²) >= 11 is 7.68. The third kappa shape index (κ3) is 6.44. The zero-order valence-electron chi connectivity index (χ0n) is 22.2. The van der Waals surface area contributed by atoms with E-state index in [2.05, 4.69) is 9.88 Å². The largest absolute Gasteiger partial charge is 0.416 e. The average molecular weight is 597 g/mol. The van der Waals surface area contributed by atoms with Crippen LogP contribution < -0.4 is 11.2 Å². The van der Waals surface area contributed by atoms with Gasteiger partial charge in [-0.15, -0.1) is 11.8 Å². The summed E-state index contributed by atoms with van der Waals surface area (Å²) in [5, 5.41) is 0.269. The van der Waals surface area contributed by atoms with Crippen LogP contribution in [0.1, 0.15) is 36.5 Å². The van der Waals surface area contributed by atoms with Gasteiger partial charge in [0.1, 0.15) is 0 Å². The minimum absolute atomic E-state index is 0.0452. The number of aromatic nitrogens is 2. The molecule has 0 unspecified atom stereocenters. The second-order valence-electron chi connectivity index (χ2n) is 10.2. The van der Waals surface area contributed by atoms with Crippen molar-refractivity contribution >= 4 is 34.3 Å². The highest BCUT2D eigenvalue weighted by atomic mass is 35.5. The third-order valence-electron chi connectivity index (χ3n) is 7.67. The summed E-state index contributed by atoms with van der Waals surface area (Å²) in [5.74, 6) is 0.764. The number of benzene rings is 2. The van der Waals surface area contributed by atoms with Gasteiger partial charge in [-0.25, -0.2) is 4.79 Å². The van der Waals surface area contributed by atoms with Crippen LogP contribution in [0.2, 0.25) is 5.02 Å². The van der Waals surface area contributed by atoms with E-state index in [4.69, 9.17) is 16.3 Å². The number of H-pyrrole nitrogens is 1. The Hall–Kier alpha value is -2.31. The minimum Gasteiger partial charge on any atom is -0.381 e. The van der Waals surface area contributed by atoms with Gasteiger partial charge in [0.25, 0.3) is 5.56 Å². The van der Waals surface area contributed by atoms with Crippen LogP contribution >= 0.6 is 23.4 Å². The Balaban J connectivity index is 1.44. The molecule has 0 bridgehead atoms. The quantitative estimate of drug-likeness (QED) is 0.395. The Kier molecular flexibility index (Phi) is 8.96. The van der Waals surface area contributed by atoms with Crippen LogP contribution in [0.4, 0.5) is 13.2 Å². The molecule has 12 heteroatoms.